The van der Waals surface area contributed by atoms with Crippen LogP contribution in [0.1, 0.15) is 17.4 Å². The molecule has 0 spiro atoms. The largest absolute Gasteiger partial charge is 0.336 e. The maximum atomic E-state index is 6.09. The fraction of sp³-hybridized carbons (Fsp3) is 0.182. The van der Waals surface area contributed by atoms with Gasteiger partial charge in [0.2, 0.25) is 0 Å². The normalized spacial score (nSPS) is 12.7. The average Bonchev–Trinajstić information content (AvgIpc) is 2.64. The molecular formula is C11H12ClN3. The highest BCUT2D eigenvalue weighted by molar-refractivity contribution is 6.31. The standard InChI is InChI=1S/C11H12ClN3/c1-15-7-6-14-11(15)10(13)8-4-2-3-5-9(8)12/h2-7,10H,13H2,1H3. The maximum absolute atomic E-state index is 6.09. The fourth-order valence-electron chi connectivity index (χ4n) is 1.54. The number of imidazole rings is 1. The van der Waals surface area contributed by atoms with E-state index in [-0.39, 0.29) is 6.04 Å². The summed E-state index contributed by atoms with van der Waals surface area (Å²) in [5.74, 6) is 0.808. The molecule has 0 saturated heterocycles. The van der Waals surface area contributed by atoms with Crippen LogP contribution in [-0.4, -0.2) is 9.55 Å². The summed E-state index contributed by atoms with van der Waals surface area (Å²) in [5.41, 5.74) is 6.99. The summed E-state index contributed by atoms with van der Waals surface area (Å²) in [5, 5.41) is 0.674. The fourth-order valence-corrected chi connectivity index (χ4v) is 1.80. The molecule has 3 nitrogen and oxygen atoms in total. The first-order valence-electron chi connectivity index (χ1n) is 4.67. The summed E-state index contributed by atoms with van der Waals surface area (Å²) in [6.07, 6.45) is 3.60. The molecule has 0 aliphatic rings. The van der Waals surface area contributed by atoms with Gasteiger partial charge in [0.1, 0.15) is 5.82 Å². The Labute approximate surface area is 93.5 Å². The summed E-state index contributed by atoms with van der Waals surface area (Å²) in [7, 11) is 1.92. The first kappa shape index (κ1) is 10.2. The predicted octanol–water partition coefficient (Wildman–Crippen LogP) is 2.12. The van der Waals surface area contributed by atoms with E-state index < -0.39 is 0 Å². The number of rotatable bonds is 2. The van der Waals surface area contributed by atoms with Gasteiger partial charge in [0.15, 0.2) is 0 Å². The van der Waals surface area contributed by atoms with Crippen LogP contribution >= 0.6 is 11.6 Å². The van der Waals surface area contributed by atoms with E-state index in [0.29, 0.717) is 5.02 Å². The van der Waals surface area contributed by atoms with E-state index in [9.17, 15) is 0 Å². The van der Waals surface area contributed by atoms with Crippen LogP contribution < -0.4 is 5.73 Å². The Bertz CT molecular complexity index is 464. The number of nitrogens with zero attached hydrogens (tertiary/aromatic N) is 2. The molecule has 1 aromatic heterocycles. The third-order valence-electron chi connectivity index (χ3n) is 2.38. The summed E-state index contributed by atoms with van der Waals surface area (Å²) < 4.78 is 1.90. The molecule has 0 amide bonds. The van der Waals surface area contributed by atoms with Crippen LogP contribution in [0.5, 0.6) is 0 Å². The van der Waals surface area contributed by atoms with Crippen LogP contribution in [0, 0.1) is 0 Å². The van der Waals surface area contributed by atoms with Crippen molar-refractivity contribution < 1.29 is 0 Å². The molecule has 4 heteroatoms. The SMILES string of the molecule is Cn1ccnc1C(N)c1ccccc1Cl. The van der Waals surface area contributed by atoms with Crippen molar-refractivity contribution in [2.75, 3.05) is 0 Å². The van der Waals surface area contributed by atoms with Crippen molar-refractivity contribution in [1.82, 2.24) is 9.55 Å². The molecule has 1 atom stereocenters. The van der Waals surface area contributed by atoms with E-state index in [2.05, 4.69) is 4.98 Å². The number of hydrogen-bond acceptors (Lipinski definition) is 2. The van der Waals surface area contributed by atoms with Crippen LogP contribution in [-0.2, 0) is 7.05 Å². The molecule has 15 heavy (non-hydrogen) atoms. The third-order valence-corrected chi connectivity index (χ3v) is 2.72. The van der Waals surface area contributed by atoms with Gasteiger partial charge in [-0.3, -0.25) is 0 Å². The number of hydrogen-bond donors (Lipinski definition) is 1. The molecule has 0 fully saturated rings. The van der Waals surface area contributed by atoms with E-state index in [1.54, 1.807) is 6.20 Å². The molecule has 78 valence electrons. The lowest BCUT2D eigenvalue weighted by atomic mass is 10.1. The highest BCUT2D eigenvalue weighted by Gasteiger charge is 2.15. The van der Waals surface area contributed by atoms with Crippen molar-refractivity contribution in [3.05, 3.63) is 53.1 Å². The highest BCUT2D eigenvalue weighted by Crippen LogP contribution is 2.24. The van der Waals surface area contributed by atoms with Crippen molar-refractivity contribution >= 4 is 11.6 Å². The number of nitrogens with two attached hydrogens (primary N) is 1. The van der Waals surface area contributed by atoms with Gasteiger partial charge in [-0.1, -0.05) is 29.8 Å². The van der Waals surface area contributed by atoms with Crippen molar-refractivity contribution in [2.24, 2.45) is 12.8 Å². The maximum Gasteiger partial charge on any atom is 0.130 e. The van der Waals surface area contributed by atoms with E-state index in [1.165, 1.54) is 0 Å². The number of halogens is 1. The quantitative estimate of drug-likeness (QED) is 0.844. The summed E-state index contributed by atoms with van der Waals surface area (Å²) in [6.45, 7) is 0. The monoisotopic (exact) mass is 221 g/mol. The van der Waals surface area contributed by atoms with Gasteiger partial charge in [-0.15, -0.1) is 0 Å². The zero-order chi connectivity index (χ0) is 10.8. The minimum absolute atomic E-state index is 0.279. The Kier molecular flexibility index (Phi) is 2.75. The van der Waals surface area contributed by atoms with Gasteiger partial charge in [0.05, 0.1) is 6.04 Å². The first-order valence-corrected chi connectivity index (χ1v) is 5.05. The van der Waals surface area contributed by atoms with E-state index in [0.717, 1.165) is 11.4 Å². The molecule has 1 heterocycles. The average molecular weight is 222 g/mol. The molecule has 0 radical (unpaired) electrons. The lowest BCUT2D eigenvalue weighted by Crippen LogP contribution is -2.16. The molecule has 0 saturated carbocycles. The van der Waals surface area contributed by atoms with Crippen molar-refractivity contribution in [3.8, 4) is 0 Å². The van der Waals surface area contributed by atoms with Crippen molar-refractivity contribution in [2.45, 2.75) is 6.04 Å². The van der Waals surface area contributed by atoms with E-state index >= 15 is 0 Å². The Morgan fingerprint density at radius 3 is 2.73 bits per heavy atom. The van der Waals surface area contributed by atoms with Crippen molar-refractivity contribution in [3.63, 3.8) is 0 Å². The molecule has 1 unspecified atom stereocenters. The lowest BCUT2D eigenvalue weighted by Gasteiger charge is -2.13. The Hall–Kier alpha value is -1.32. The second-order valence-corrected chi connectivity index (χ2v) is 3.80. The van der Waals surface area contributed by atoms with Gasteiger partial charge in [-0.2, -0.15) is 0 Å². The van der Waals surface area contributed by atoms with Crippen LogP contribution in [0.4, 0.5) is 0 Å². The third kappa shape index (κ3) is 1.89. The molecule has 0 bridgehead atoms. The smallest absolute Gasteiger partial charge is 0.130 e. The van der Waals surface area contributed by atoms with Crippen molar-refractivity contribution in [1.29, 1.82) is 0 Å². The van der Waals surface area contributed by atoms with Gasteiger partial charge >= 0.3 is 0 Å². The highest BCUT2D eigenvalue weighted by atomic mass is 35.5. The molecule has 2 rings (SSSR count). The second kappa shape index (κ2) is 4.04. The van der Waals surface area contributed by atoms with Crippen LogP contribution in [0.25, 0.3) is 0 Å². The van der Waals surface area contributed by atoms with Gasteiger partial charge in [0, 0.05) is 24.5 Å². The molecule has 2 N–H and O–H groups in total. The lowest BCUT2D eigenvalue weighted by molar-refractivity contribution is 0.717. The number of aryl methyl sites for hydroxylation is 1. The Morgan fingerprint density at radius 1 is 1.40 bits per heavy atom. The van der Waals surface area contributed by atoms with Gasteiger partial charge in [0.25, 0.3) is 0 Å². The first-order chi connectivity index (χ1) is 7.20. The van der Waals surface area contributed by atoms with Gasteiger partial charge in [-0.05, 0) is 11.6 Å². The Balaban J connectivity index is 2.41. The topological polar surface area (TPSA) is 43.8 Å². The minimum atomic E-state index is -0.279. The summed E-state index contributed by atoms with van der Waals surface area (Å²) in [4.78, 5) is 4.21. The molecule has 1 aromatic carbocycles. The summed E-state index contributed by atoms with van der Waals surface area (Å²) >= 11 is 6.07. The van der Waals surface area contributed by atoms with Crippen LogP contribution in [0.2, 0.25) is 5.02 Å². The van der Waals surface area contributed by atoms with Gasteiger partial charge < -0.3 is 10.3 Å². The number of benzene rings is 1. The molecule has 2 aromatic rings. The molecule has 0 aliphatic carbocycles. The predicted molar refractivity (Wildman–Crippen MR) is 60.7 cm³/mol. The minimum Gasteiger partial charge on any atom is -0.336 e. The van der Waals surface area contributed by atoms with Crippen LogP contribution in [0.15, 0.2) is 36.7 Å². The van der Waals surface area contributed by atoms with E-state index in [4.69, 9.17) is 17.3 Å². The second-order valence-electron chi connectivity index (χ2n) is 3.40. The van der Waals surface area contributed by atoms with Gasteiger partial charge in [-0.25, -0.2) is 4.98 Å². The molecular weight excluding hydrogens is 210 g/mol. The van der Waals surface area contributed by atoms with E-state index in [1.807, 2.05) is 42.1 Å². The number of aromatic nitrogens is 2. The van der Waals surface area contributed by atoms with Crippen LogP contribution in [0.3, 0.4) is 0 Å². The summed E-state index contributed by atoms with van der Waals surface area (Å²) in [6, 6.07) is 7.28. The Morgan fingerprint density at radius 2 is 2.13 bits per heavy atom. The zero-order valence-electron chi connectivity index (χ0n) is 8.39. The molecule has 0 aliphatic heterocycles. The zero-order valence-corrected chi connectivity index (χ0v) is 9.15.